The number of nitrogens with one attached hydrogen (secondary N) is 1. The summed E-state index contributed by atoms with van der Waals surface area (Å²) < 4.78 is 2.05. The summed E-state index contributed by atoms with van der Waals surface area (Å²) in [5, 5.41) is 3.01. The molecule has 168 valence electrons. The minimum Gasteiger partial charge on any atom is -0.352 e. The molecule has 6 heteroatoms. The van der Waals surface area contributed by atoms with E-state index in [1.807, 2.05) is 60.4 Å². The van der Waals surface area contributed by atoms with Crippen LogP contribution in [-0.2, 0) is 17.8 Å². The van der Waals surface area contributed by atoms with E-state index in [4.69, 9.17) is 4.98 Å². The molecule has 1 aliphatic rings. The number of hydrogen-bond acceptors (Lipinski definition) is 3. The topological polar surface area (TPSA) is 67.2 Å². The molecular formula is C26H32N4O2. The van der Waals surface area contributed by atoms with E-state index < -0.39 is 0 Å². The van der Waals surface area contributed by atoms with Crippen LogP contribution in [0.2, 0.25) is 0 Å². The summed E-state index contributed by atoms with van der Waals surface area (Å²) >= 11 is 0. The number of piperidine rings is 1. The Morgan fingerprint density at radius 2 is 1.78 bits per heavy atom. The number of aromatic nitrogens is 2. The molecule has 4 rings (SSSR count). The summed E-state index contributed by atoms with van der Waals surface area (Å²) in [6, 6.07) is 15.6. The Kier molecular flexibility index (Phi) is 6.88. The van der Waals surface area contributed by atoms with E-state index in [0.29, 0.717) is 31.0 Å². The van der Waals surface area contributed by atoms with Crippen molar-refractivity contribution in [3.63, 3.8) is 0 Å². The first kappa shape index (κ1) is 22.1. The van der Waals surface area contributed by atoms with E-state index in [9.17, 15) is 9.59 Å². The molecule has 0 aliphatic carbocycles. The third-order valence-corrected chi connectivity index (χ3v) is 6.42. The van der Waals surface area contributed by atoms with E-state index in [2.05, 4.69) is 16.8 Å². The largest absolute Gasteiger partial charge is 0.352 e. The van der Waals surface area contributed by atoms with Gasteiger partial charge < -0.3 is 14.8 Å². The van der Waals surface area contributed by atoms with Gasteiger partial charge in [-0.05, 0) is 55.9 Å². The van der Waals surface area contributed by atoms with E-state index in [1.165, 1.54) is 0 Å². The number of likely N-dealkylation sites (tertiary alicyclic amines) is 1. The average Bonchev–Trinajstić information content (AvgIpc) is 3.14. The average molecular weight is 433 g/mol. The van der Waals surface area contributed by atoms with Crippen LogP contribution in [0.1, 0.15) is 47.9 Å². The molecule has 0 unspecified atom stereocenters. The molecule has 0 saturated carbocycles. The Morgan fingerprint density at radius 3 is 2.56 bits per heavy atom. The van der Waals surface area contributed by atoms with Crippen molar-refractivity contribution in [3.05, 3.63) is 65.5 Å². The number of nitrogens with zero attached hydrogens (tertiary/aromatic N) is 3. The van der Waals surface area contributed by atoms with Crippen molar-refractivity contribution in [1.82, 2.24) is 19.8 Å². The van der Waals surface area contributed by atoms with E-state index in [0.717, 1.165) is 54.8 Å². The SMILES string of the molecule is Cc1ccccc1C(=O)NCCCc1nc2ccccc2n1CC(=O)N1CCC(C)CC1. The van der Waals surface area contributed by atoms with Crippen LogP contribution in [0.15, 0.2) is 48.5 Å². The first-order chi connectivity index (χ1) is 15.5. The van der Waals surface area contributed by atoms with Crippen molar-refractivity contribution in [3.8, 4) is 0 Å². The Morgan fingerprint density at radius 1 is 1.06 bits per heavy atom. The zero-order valence-electron chi connectivity index (χ0n) is 19.0. The van der Waals surface area contributed by atoms with Gasteiger partial charge in [-0.25, -0.2) is 4.98 Å². The van der Waals surface area contributed by atoms with Crippen LogP contribution in [0.5, 0.6) is 0 Å². The van der Waals surface area contributed by atoms with Gasteiger partial charge >= 0.3 is 0 Å². The van der Waals surface area contributed by atoms with Crippen molar-refractivity contribution in [2.24, 2.45) is 5.92 Å². The van der Waals surface area contributed by atoms with Crippen LogP contribution in [0.3, 0.4) is 0 Å². The van der Waals surface area contributed by atoms with Gasteiger partial charge in [-0.2, -0.15) is 0 Å². The molecule has 32 heavy (non-hydrogen) atoms. The number of aryl methyl sites for hydroxylation is 2. The van der Waals surface area contributed by atoms with E-state index in [1.54, 1.807) is 0 Å². The van der Waals surface area contributed by atoms with Crippen molar-refractivity contribution >= 4 is 22.8 Å². The molecule has 1 saturated heterocycles. The quantitative estimate of drug-likeness (QED) is 0.575. The highest BCUT2D eigenvalue weighted by Crippen LogP contribution is 2.20. The smallest absolute Gasteiger partial charge is 0.251 e. The maximum Gasteiger partial charge on any atom is 0.251 e. The van der Waals surface area contributed by atoms with Gasteiger partial charge in [-0.3, -0.25) is 9.59 Å². The van der Waals surface area contributed by atoms with Crippen molar-refractivity contribution in [2.45, 2.75) is 46.1 Å². The molecule has 0 atom stereocenters. The van der Waals surface area contributed by atoms with E-state index in [-0.39, 0.29) is 11.8 Å². The molecule has 1 aliphatic heterocycles. The third kappa shape index (κ3) is 5.01. The maximum absolute atomic E-state index is 13.0. The predicted octanol–water partition coefficient (Wildman–Crippen LogP) is 3.97. The molecule has 2 aromatic carbocycles. The zero-order chi connectivity index (χ0) is 22.5. The predicted molar refractivity (Wildman–Crippen MR) is 127 cm³/mol. The number of carbonyl (C=O) groups excluding carboxylic acids is 2. The Balaban J connectivity index is 1.40. The molecule has 1 fully saturated rings. The minimum absolute atomic E-state index is 0.0499. The molecular weight excluding hydrogens is 400 g/mol. The molecule has 0 spiro atoms. The number of carbonyl (C=O) groups is 2. The van der Waals surface area contributed by atoms with Gasteiger partial charge in [0.1, 0.15) is 12.4 Å². The lowest BCUT2D eigenvalue weighted by Crippen LogP contribution is -2.40. The molecule has 1 N–H and O–H groups in total. The van der Waals surface area contributed by atoms with Crippen LogP contribution in [0.25, 0.3) is 11.0 Å². The molecule has 3 aromatic rings. The van der Waals surface area contributed by atoms with Gasteiger partial charge in [0.15, 0.2) is 0 Å². The Hall–Kier alpha value is -3.15. The molecule has 1 aromatic heterocycles. The molecule has 0 radical (unpaired) electrons. The number of rotatable bonds is 7. The molecule has 0 bridgehead atoms. The number of imidazole rings is 1. The summed E-state index contributed by atoms with van der Waals surface area (Å²) in [5.74, 6) is 1.70. The highest BCUT2D eigenvalue weighted by Gasteiger charge is 2.22. The number of benzene rings is 2. The Labute approximate surface area is 189 Å². The first-order valence-electron chi connectivity index (χ1n) is 11.6. The second kappa shape index (κ2) is 9.98. The second-order valence-corrected chi connectivity index (χ2v) is 8.84. The van der Waals surface area contributed by atoms with Gasteiger partial charge in [0, 0.05) is 31.6 Å². The van der Waals surface area contributed by atoms with Gasteiger partial charge in [0.2, 0.25) is 5.91 Å². The van der Waals surface area contributed by atoms with Gasteiger partial charge in [0.25, 0.3) is 5.91 Å². The van der Waals surface area contributed by atoms with E-state index >= 15 is 0 Å². The monoisotopic (exact) mass is 432 g/mol. The highest BCUT2D eigenvalue weighted by atomic mass is 16.2. The second-order valence-electron chi connectivity index (χ2n) is 8.84. The maximum atomic E-state index is 13.0. The summed E-state index contributed by atoms with van der Waals surface area (Å²) in [6.45, 7) is 6.76. The summed E-state index contributed by atoms with van der Waals surface area (Å²) in [4.78, 5) is 32.2. The normalized spacial score (nSPS) is 14.6. The van der Waals surface area contributed by atoms with Gasteiger partial charge in [0.05, 0.1) is 11.0 Å². The molecule has 2 amide bonds. The molecule has 2 heterocycles. The lowest BCUT2D eigenvalue weighted by atomic mass is 9.99. The third-order valence-electron chi connectivity index (χ3n) is 6.42. The van der Waals surface area contributed by atoms with Crippen molar-refractivity contribution in [1.29, 1.82) is 0 Å². The summed E-state index contributed by atoms with van der Waals surface area (Å²) in [7, 11) is 0. The van der Waals surface area contributed by atoms with Crippen LogP contribution in [0, 0.1) is 12.8 Å². The fraction of sp³-hybridized carbons (Fsp3) is 0.423. The number of amides is 2. The summed E-state index contributed by atoms with van der Waals surface area (Å²) in [6.07, 6.45) is 3.61. The zero-order valence-corrected chi connectivity index (χ0v) is 19.0. The standard InChI is InChI=1S/C26H32N4O2/c1-19-13-16-29(17-14-19)25(31)18-30-23-11-6-5-10-22(23)28-24(30)12-7-15-27-26(32)21-9-4-3-8-20(21)2/h3-6,8-11,19H,7,12-18H2,1-2H3,(H,27,32). The van der Waals surface area contributed by atoms with Crippen LogP contribution in [-0.4, -0.2) is 45.9 Å². The molecule has 6 nitrogen and oxygen atoms in total. The van der Waals surface area contributed by atoms with Crippen LogP contribution < -0.4 is 5.32 Å². The van der Waals surface area contributed by atoms with Gasteiger partial charge in [-0.1, -0.05) is 37.3 Å². The number of fused-ring (bicyclic) bond motifs is 1. The van der Waals surface area contributed by atoms with Crippen LogP contribution >= 0.6 is 0 Å². The number of para-hydroxylation sites is 2. The number of hydrogen-bond donors (Lipinski definition) is 1. The van der Waals surface area contributed by atoms with Crippen molar-refractivity contribution in [2.75, 3.05) is 19.6 Å². The lowest BCUT2D eigenvalue weighted by Gasteiger charge is -2.30. The first-order valence-corrected chi connectivity index (χ1v) is 11.6. The van der Waals surface area contributed by atoms with Crippen molar-refractivity contribution < 1.29 is 9.59 Å². The Bertz CT molecular complexity index is 1100. The highest BCUT2D eigenvalue weighted by molar-refractivity contribution is 5.95. The minimum atomic E-state index is -0.0499. The van der Waals surface area contributed by atoms with Crippen LogP contribution in [0.4, 0.5) is 0 Å². The lowest BCUT2D eigenvalue weighted by molar-refractivity contribution is -0.133. The van der Waals surface area contributed by atoms with Gasteiger partial charge in [-0.15, -0.1) is 0 Å². The fourth-order valence-corrected chi connectivity index (χ4v) is 4.36. The summed E-state index contributed by atoms with van der Waals surface area (Å²) in [5.41, 5.74) is 3.58. The fourth-order valence-electron chi connectivity index (χ4n) is 4.36.